The van der Waals surface area contributed by atoms with E-state index in [4.69, 9.17) is 0 Å². The minimum atomic E-state index is 0. The minimum Gasteiger partial charge on any atom is -1.00 e. The zero-order valence-electron chi connectivity index (χ0n) is 5.38. The van der Waals surface area contributed by atoms with Gasteiger partial charge in [0, 0.05) is 0 Å². The van der Waals surface area contributed by atoms with Crippen LogP contribution < -0.4 is 106 Å². The summed E-state index contributed by atoms with van der Waals surface area (Å²) in [6.45, 7) is 0. The molecule has 0 unspecified atom stereocenters. The van der Waals surface area contributed by atoms with Gasteiger partial charge in [0.25, 0.3) is 0 Å². The Kier molecular flexibility index (Phi) is 445. The van der Waals surface area contributed by atoms with Crippen molar-refractivity contribution in [1.29, 1.82) is 0 Å². The average molecular weight is 173 g/mol. The summed E-state index contributed by atoms with van der Waals surface area (Å²) in [7, 11) is 0. The molecule has 0 heterocycles. The number of hydrogen-bond donors (Lipinski definition) is 1. The van der Waals surface area contributed by atoms with Crippen LogP contribution in [0.15, 0.2) is 0 Å². The van der Waals surface area contributed by atoms with Gasteiger partial charge in [0.05, 0.1) is 0 Å². The van der Waals surface area contributed by atoms with E-state index < -0.39 is 0 Å². The summed E-state index contributed by atoms with van der Waals surface area (Å²) in [5.74, 6) is 0. The number of hydrogen-bond acceptors (Lipinski definition) is 0. The fourth-order valence-electron chi connectivity index (χ4n) is 0. The van der Waals surface area contributed by atoms with Gasteiger partial charge in [-0.3, -0.25) is 0 Å². The monoisotopic (exact) mass is 173 g/mol. The van der Waals surface area contributed by atoms with E-state index in [1.807, 2.05) is 0 Å². The Hall–Kier alpha value is 3.08. The molecule has 0 radical (unpaired) electrons. The van der Waals surface area contributed by atoms with E-state index in [9.17, 15) is 0 Å². The van der Waals surface area contributed by atoms with E-state index in [1.165, 1.54) is 0 Å². The van der Waals surface area contributed by atoms with Gasteiger partial charge in [0.15, 0.2) is 0 Å². The number of rotatable bonds is 0. The summed E-state index contributed by atoms with van der Waals surface area (Å²) in [4.78, 5) is 0. The first-order valence-electron chi connectivity index (χ1n) is 0. The Balaban J connectivity index is 0. The maximum Gasteiger partial charge on any atom is 1.00 e. The molecule has 0 aliphatic heterocycles. The second-order valence-electron chi connectivity index (χ2n) is 0. The number of halogens is 1. The van der Waals surface area contributed by atoms with Gasteiger partial charge >= 0.3 is 75.4 Å². The molecule has 1 nitrogen and oxygen atoms in total. The maximum atomic E-state index is 0. The van der Waals surface area contributed by atoms with Gasteiger partial charge < -0.3 is 30.1 Å². The van der Waals surface area contributed by atoms with Crippen molar-refractivity contribution in [3.05, 3.63) is 0 Å². The molecule has 0 saturated carbocycles. The second kappa shape index (κ2) is 42.7. The Bertz CT molecular complexity index is 7.51. The van der Waals surface area contributed by atoms with Crippen molar-refractivity contribution in [1.82, 2.24) is 6.15 Å². The van der Waals surface area contributed by atoms with Crippen LogP contribution in [0, 0.1) is 0 Å². The molecule has 0 spiro atoms. The van der Waals surface area contributed by atoms with Crippen molar-refractivity contribution < 1.29 is 99.4 Å². The molecule has 0 amide bonds. The second-order valence-corrected chi connectivity index (χ2v) is 0. The smallest absolute Gasteiger partial charge is 1.00 e. The van der Waals surface area contributed by atoms with Gasteiger partial charge in [0.2, 0.25) is 0 Å². The van der Waals surface area contributed by atoms with Crippen LogP contribution in [0.3, 0.4) is 0 Å². The van der Waals surface area contributed by atoms with Crippen LogP contribution in [0.2, 0.25) is 0 Å². The summed E-state index contributed by atoms with van der Waals surface area (Å²) < 4.78 is 0. The summed E-state index contributed by atoms with van der Waals surface area (Å²) in [5.41, 5.74) is 0. The van der Waals surface area contributed by atoms with Gasteiger partial charge in [-0.15, -0.1) is 0 Å². The molecule has 4 N–H and O–H groups in total. The van der Waals surface area contributed by atoms with Crippen LogP contribution in [0.25, 0.3) is 0 Å². The molecule has 6 heavy (non-hydrogen) atoms. The Morgan fingerprint density at radius 3 is 0.500 bits per heavy atom. The summed E-state index contributed by atoms with van der Waals surface area (Å²) in [6, 6.07) is 0. The van der Waals surface area contributed by atoms with Crippen molar-refractivity contribution in [2.75, 3.05) is 0 Å². The van der Waals surface area contributed by atoms with Gasteiger partial charge in [-0.1, -0.05) is 0 Å². The molecular formula is H4ILi4N+4. The maximum absolute atomic E-state index is 0. The van der Waals surface area contributed by atoms with Crippen molar-refractivity contribution >= 4 is 0 Å². The van der Waals surface area contributed by atoms with Crippen molar-refractivity contribution in [2.45, 2.75) is 0 Å². The van der Waals surface area contributed by atoms with E-state index in [0.717, 1.165) is 0 Å². The zero-order chi connectivity index (χ0) is 0. The first-order chi connectivity index (χ1) is 0. The summed E-state index contributed by atoms with van der Waals surface area (Å²) >= 11 is 0. The third-order valence-electron chi connectivity index (χ3n) is 0. The normalized spacial score (nSPS) is 0. The largest absolute Gasteiger partial charge is 1.00 e. The predicted molar refractivity (Wildman–Crippen MR) is 5.98 cm³/mol. The van der Waals surface area contributed by atoms with Gasteiger partial charge in [-0.05, 0) is 0 Å². The molecule has 0 saturated heterocycles. The van der Waals surface area contributed by atoms with Gasteiger partial charge in [-0.25, -0.2) is 0 Å². The molecule has 0 atom stereocenters. The molecule has 0 fully saturated rings. The molecule has 0 aromatic rings. The topological polar surface area (TPSA) is 36.5 Å². The quantitative estimate of drug-likeness (QED) is 0.279. The van der Waals surface area contributed by atoms with Crippen LogP contribution >= 0.6 is 0 Å². The molecule has 0 aromatic carbocycles. The summed E-state index contributed by atoms with van der Waals surface area (Å²) in [5, 5.41) is 0. The molecule has 0 aromatic heterocycles. The molecule has 6 heteroatoms. The van der Waals surface area contributed by atoms with Crippen LogP contribution in [-0.2, 0) is 0 Å². The van der Waals surface area contributed by atoms with Crippen molar-refractivity contribution in [3.8, 4) is 0 Å². The molecule has 0 rings (SSSR count). The minimum absolute atomic E-state index is 0. The summed E-state index contributed by atoms with van der Waals surface area (Å²) in [6.07, 6.45) is 0. The van der Waals surface area contributed by atoms with Crippen LogP contribution in [0.4, 0.5) is 0 Å². The van der Waals surface area contributed by atoms with Gasteiger partial charge in [-0.2, -0.15) is 0 Å². The SMILES string of the molecule is [I-].[Li+].[Li+].[Li+].[Li+].[NH4+]. The fourth-order valence-corrected chi connectivity index (χ4v) is 0. The molecule has 0 aliphatic rings. The van der Waals surface area contributed by atoms with E-state index in [-0.39, 0.29) is 106 Å². The Labute approximate surface area is 104 Å². The standard InChI is InChI=1S/HI.4Li.H3N/h1H;;;;;1H3/q;4*+1;. The van der Waals surface area contributed by atoms with E-state index in [0.29, 0.717) is 0 Å². The van der Waals surface area contributed by atoms with Crippen LogP contribution in [0.1, 0.15) is 0 Å². The first kappa shape index (κ1) is 62.5. The zero-order valence-corrected chi connectivity index (χ0v) is 7.54. The first-order valence-corrected chi connectivity index (χ1v) is 0. The third kappa shape index (κ3) is 27.6. The molecule has 16 valence electrons. The van der Waals surface area contributed by atoms with E-state index >= 15 is 0 Å². The Morgan fingerprint density at radius 2 is 0.500 bits per heavy atom. The molecule has 0 bridgehead atoms. The van der Waals surface area contributed by atoms with E-state index in [1.54, 1.807) is 0 Å². The Morgan fingerprint density at radius 1 is 0.500 bits per heavy atom. The number of quaternary nitrogens is 1. The van der Waals surface area contributed by atoms with Gasteiger partial charge in [0.1, 0.15) is 0 Å². The van der Waals surface area contributed by atoms with Crippen LogP contribution in [-0.4, -0.2) is 0 Å². The van der Waals surface area contributed by atoms with Crippen molar-refractivity contribution in [2.24, 2.45) is 0 Å². The van der Waals surface area contributed by atoms with E-state index in [2.05, 4.69) is 0 Å². The van der Waals surface area contributed by atoms with Crippen LogP contribution in [0.5, 0.6) is 0 Å². The molecule has 0 aliphatic carbocycles. The molecular weight excluding hydrogens is 169 g/mol. The predicted octanol–water partition coefficient (Wildman–Crippen LogP) is -14.6. The third-order valence-corrected chi connectivity index (χ3v) is 0. The fraction of sp³-hybridized carbons (Fsp3) is 0. The average Bonchev–Trinajstić information content (AvgIpc) is 0. The van der Waals surface area contributed by atoms with Crippen molar-refractivity contribution in [3.63, 3.8) is 0 Å².